The molecule has 0 amide bonds. The molecule has 0 aliphatic heterocycles. The van der Waals surface area contributed by atoms with Gasteiger partial charge in [0.05, 0.1) is 26.1 Å². The van der Waals surface area contributed by atoms with Crippen LogP contribution >= 0.6 is 0 Å². The van der Waals surface area contributed by atoms with Gasteiger partial charge < -0.3 is 19.7 Å². The Hall–Kier alpha value is -0.630. The Morgan fingerprint density at radius 1 is 0.553 bits per heavy atom. The van der Waals surface area contributed by atoms with E-state index < -0.39 is 36.4 Å². The summed E-state index contributed by atoms with van der Waals surface area (Å²) in [5.74, 6) is -3.22. The number of carboxylic acids is 1. The second kappa shape index (κ2) is 27.9. The Bertz CT molecular complexity index is 585. The molecule has 7 nitrogen and oxygen atoms in total. The minimum atomic E-state index is -2.40. The second-order valence-electron chi connectivity index (χ2n) is 10.5. The van der Waals surface area contributed by atoms with Crippen molar-refractivity contribution in [1.29, 1.82) is 0 Å². The van der Waals surface area contributed by atoms with E-state index in [2.05, 4.69) is 13.8 Å². The number of esters is 2. The Kier molecular flexibility index (Phi) is 29.0. The van der Waals surface area contributed by atoms with Crippen molar-refractivity contribution in [3.63, 3.8) is 0 Å². The molecule has 0 spiro atoms. The van der Waals surface area contributed by atoms with E-state index in [0.29, 0.717) is 12.8 Å². The number of carbonyl (C=O) groups excluding carboxylic acids is 2. The van der Waals surface area contributed by atoms with Crippen LogP contribution in [0.15, 0.2) is 0 Å². The van der Waals surface area contributed by atoms with Crippen molar-refractivity contribution in [1.82, 2.24) is 0 Å². The number of unbranched alkanes of at least 4 members (excludes halogenated alkanes) is 18. The SMILES string of the molecule is CCCCCCCCCCCCOC(=O)CC(O)(CC(=O)O)C(=O)OCCCCCCCCCCCC.[NaH]. The van der Waals surface area contributed by atoms with Gasteiger partial charge in [-0.3, -0.25) is 9.59 Å². The third-order valence-electron chi connectivity index (χ3n) is 6.75. The van der Waals surface area contributed by atoms with Crippen molar-refractivity contribution in [2.75, 3.05) is 13.2 Å². The van der Waals surface area contributed by atoms with Crippen molar-refractivity contribution in [3.05, 3.63) is 0 Å². The maximum atomic E-state index is 12.4. The third kappa shape index (κ3) is 24.4. The Labute approximate surface area is 254 Å². The zero-order valence-corrected chi connectivity index (χ0v) is 23.9. The van der Waals surface area contributed by atoms with Gasteiger partial charge >= 0.3 is 47.5 Å². The third-order valence-corrected chi connectivity index (χ3v) is 6.75. The number of hydrogen-bond acceptors (Lipinski definition) is 6. The van der Waals surface area contributed by atoms with Crippen molar-refractivity contribution in [2.24, 2.45) is 0 Å². The zero-order chi connectivity index (χ0) is 27.6. The molecule has 0 aromatic rings. The molecule has 0 rings (SSSR count). The van der Waals surface area contributed by atoms with Crippen LogP contribution in [0.4, 0.5) is 0 Å². The van der Waals surface area contributed by atoms with Gasteiger partial charge in [-0.1, -0.05) is 129 Å². The average molecular weight is 553 g/mol. The molecule has 0 saturated heterocycles. The number of ether oxygens (including phenoxy) is 2. The molecule has 0 aromatic heterocycles. The van der Waals surface area contributed by atoms with Gasteiger partial charge in [0.1, 0.15) is 0 Å². The summed E-state index contributed by atoms with van der Waals surface area (Å²) in [6.07, 6.45) is 21.3. The van der Waals surface area contributed by atoms with E-state index in [1.54, 1.807) is 0 Å². The van der Waals surface area contributed by atoms with Crippen LogP contribution in [-0.2, 0) is 23.9 Å². The fraction of sp³-hybridized carbons (Fsp3) is 0.900. The quantitative estimate of drug-likeness (QED) is 0.0650. The van der Waals surface area contributed by atoms with E-state index >= 15 is 0 Å². The molecule has 1 atom stereocenters. The minimum absolute atomic E-state index is 0. The number of carboxylic acid groups (broad SMARTS) is 1. The van der Waals surface area contributed by atoms with Gasteiger partial charge in [-0.05, 0) is 12.8 Å². The van der Waals surface area contributed by atoms with Crippen molar-refractivity contribution < 1.29 is 34.1 Å². The first-order valence-electron chi connectivity index (χ1n) is 15.1. The fourth-order valence-corrected chi connectivity index (χ4v) is 4.41. The van der Waals surface area contributed by atoms with E-state index in [-0.39, 0.29) is 42.8 Å². The summed E-state index contributed by atoms with van der Waals surface area (Å²) >= 11 is 0. The maximum absolute atomic E-state index is 12.4. The normalized spacial score (nSPS) is 12.4. The molecular formula is C30H57NaO7. The zero-order valence-electron chi connectivity index (χ0n) is 23.9. The summed E-state index contributed by atoms with van der Waals surface area (Å²) in [4.78, 5) is 35.8. The predicted octanol–water partition coefficient (Wildman–Crippen LogP) is 6.86. The van der Waals surface area contributed by atoms with Crippen LogP contribution < -0.4 is 0 Å². The van der Waals surface area contributed by atoms with E-state index in [1.807, 2.05) is 0 Å². The summed E-state index contributed by atoms with van der Waals surface area (Å²) in [6, 6.07) is 0. The van der Waals surface area contributed by atoms with Crippen LogP contribution in [0, 0.1) is 0 Å². The predicted molar refractivity (Wildman–Crippen MR) is 155 cm³/mol. The number of hydrogen-bond donors (Lipinski definition) is 2. The molecule has 1 unspecified atom stereocenters. The van der Waals surface area contributed by atoms with Crippen molar-refractivity contribution in [2.45, 2.75) is 161 Å². The molecule has 0 aliphatic rings. The summed E-state index contributed by atoms with van der Waals surface area (Å²) in [6.45, 7) is 4.73. The van der Waals surface area contributed by atoms with Crippen LogP contribution in [0.2, 0.25) is 0 Å². The second-order valence-corrected chi connectivity index (χ2v) is 10.5. The van der Waals surface area contributed by atoms with Gasteiger partial charge in [-0.2, -0.15) is 0 Å². The summed E-state index contributed by atoms with van der Waals surface area (Å²) in [5.41, 5.74) is -2.40. The van der Waals surface area contributed by atoms with E-state index in [4.69, 9.17) is 14.6 Å². The molecule has 0 radical (unpaired) electrons. The number of carbonyl (C=O) groups is 3. The monoisotopic (exact) mass is 552 g/mol. The average Bonchev–Trinajstić information content (AvgIpc) is 2.85. The van der Waals surface area contributed by atoms with Crippen LogP contribution in [0.1, 0.15) is 155 Å². The Balaban J connectivity index is 0. The van der Waals surface area contributed by atoms with Gasteiger partial charge in [0, 0.05) is 0 Å². The topological polar surface area (TPSA) is 110 Å². The first-order chi connectivity index (χ1) is 17.9. The van der Waals surface area contributed by atoms with Crippen molar-refractivity contribution >= 4 is 47.5 Å². The van der Waals surface area contributed by atoms with E-state index in [1.165, 1.54) is 83.5 Å². The first kappa shape index (κ1) is 39.5. The summed E-state index contributed by atoms with van der Waals surface area (Å²) in [7, 11) is 0. The van der Waals surface area contributed by atoms with E-state index in [0.717, 1.165) is 32.1 Å². The van der Waals surface area contributed by atoms with Crippen molar-refractivity contribution in [3.8, 4) is 0 Å². The molecule has 38 heavy (non-hydrogen) atoms. The molecule has 0 aromatic carbocycles. The molecule has 0 bridgehead atoms. The van der Waals surface area contributed by atoms with Crippen LogP contribution in [0.5, 0.6) is 0 Å². The standard InChI is InChI=1S/C30H56O7.Na.H/c1-3-5-7-9-11-13-15-17-19-21-23-36-28(33)26-30(35,25-27(31)32)29(34)37-24-22-20-18-16-14-12-10-8-6-4-2;;/h35H,3-26H2,1-2H3,(H,31,32);;. The molecule has 8 heteroatoms. The van der Waals surface area contributed by atoms with Gasteiger partial charge in [-0.15, -0.1) is 0 Å². The molecule has 2 N–H and O–H groups in total. The van der Waals surface area contributed by atoms with Gasteiger partial charge in [0.15, 0.2) is 5.60 Å². The molecule has 0 heterocycles. The molecular weight excluding hydrogens is 495 g/mol. The first-order valence-corrected chi connectivity index (χ1v) is 15.1. The summed E-state index contributed by atoms with van der Waals surface area (Å²) in [5, 5.41) is 19.7. The van der Waals surface area contributed by atoms with Crippen LogP contribution in [0.3, 0.4) is 0 Å². The number of rotatable bonds is 27. The summed E-state index contributed by atoms with van der Waals surface area (Å²) < 4.78 is 10.3. The van der Waals surface area contributed by atoms with Crippen LogP contribution in [0.25, 0.3) is 0 Å². The van der Waals surface area contributed by atoms with Gasteiger partial charge in [0.25, 0.3) is 0 Å². The Morgan fingerprint density at radius 2 is 0.895 bits per heavy atom. The number of aliphatic carboxylic acids is 1. The molecule has 0 fully saturated rings. The van der Waals surface area contributed by atoms with Crippen LogP contribution in [-0.4, -0.2) is 76.5 Å². The number of aliphatic hydroxyl groups is 1. The fourth-order valence-electron chi connectivity index (χ4n) is 4.41. The molecule has 0 aliphatic carbocycles. The van der Waals surface area contributed by atoms with Gasteiger partial charge in [-0.25, -0.2) is 4.79 Å². The molecule has 0 saturated carbocycles. The van der Waals surface area contributed by atoms with Gasteiger partial charge in [0.2, 0.25) is 0 Å². The Morgan fingerprint density at radius 3 is 1.26 bits per heavy atom. The van der Waals surface area contributed by atoms with E-state index in [9.17, 15) is 19.5 Å². The molecule has 220 valence electrons.